The van der Waals surface area contributed by atoms with Crippen LogP contribution in [0.15, 0.2) is 78.9 Å². The van der Waals surface area contributed by atoms with Gasteiger partial charge in [-0.25, -0.2) is 0 Å². The molecule has 260 valence electrons. The van der Waals surface area contributed by atoms with Crippen LogP contribution in [0.1, 0.15) is 83.1 Å². The van der Waals surface area contributed by atoms with Crippen molar-refractivity contribution in [3.8, 4) is 11.5 Å². The van der Waals surface area contributed by atoms with Gasteiger partial charge in [0.25, 0.3) is 0 Å². The van der Waals surface area contributed by atoms with E-state index in [0.29, 0.717) is 45.6 Å². The Morgan fingerprint density at radius 3 is 2.08 bits per heavy atom. The molecule has 3 aromatic carbocycles. The van der Waals surface area contributed by atoms with E-state index in [-0.39, 0.29) is 34.9 Å². The standard InChI is InChI=1S/C40H56N2O5Si/c1-8-45-35-19-14-31(15-20-35)16-23-38(44)42-26-24-32(25-27-42)28-37(43)41-30(2)39(47-48(6,7)40(3,4)5)34-17-21-36(22-18-34)46-29-33-12-10-9-11-13-33/h9-15,17-22,30,32,39H,8,16,23-29H2,1-7H3,(H,41,43)/t30-,39-/m0/s1. The second-order valence-corrected chi connectivity index (χ2v) is 19.4. The number of benzene rings is 3. The summed E-state index contributed by atoms with van der Waals surface area (Å²) in [4.78, 5) is 28.3. The van der Waals surface area contributed by atoms with Gasteiger partial charge in [-0.05, 0) is 98.1 Å². The van der Waals surface area contributed by atoms with Crippen LogP contribution in [0.3, 0.4) is 0 Å². The Morgan fingerprint density at radius 2 is 1.48 bits per heavy atom. The van der Waals surface area contributed by atoms with Crippen LogP contribution >= 0.6 is 0 Å². The topological polar surface area (TPSA) is 77.1 Å². The van der Waals surface area contributed by atoms with Crippen molar-refractivity contribution in [2.75, 3.05) is 19.7 Å². The number of rotatable bonds is 15. The van der Waals surface area contributed by atoms with Crippen LogP contribution in [0.4, 0.5) is 0 Å². The lowest BCUT2D eigenvalue weighted by Crippen LogP contribution is -2.47. The van der Waals surface area contributed by atoms with Gasteiger partial charge in [0.15, 0.2) is 8.32 Å². The molecule has 48 heavy (non-hydrogen) atoms. The smallest absolute Gasteiger partial charge is 0.222 e. The normalized spacial score (nSPS) is 15.4. The highest BCUT2D eigenvalue weighted by Gasteiger charge is 2.41. The molecule has 8 heteroatoms. The van der Waals surface area contributed by atoms with E-state index in [4.69, 9.17) is 13.9 Å². The van der Waals surface area contributed by atoms with Crippen molar-refractivity contribution in [2.24, 2.45) is 5.92 Å². The highest BCUT2D eigenvalue weighted by molar-refractivity contribution is 6.74. The molecule has 0 aliphatic carbocycles. The van der Waals surface area contributed by atoms with Crippen molar-refractivity contribution in [2.45, 2.75) is 104 Å². The number of ether oxygens (including phenoxy) is 2. The molecule has 1 aliphatic heterocycles. The van der Waals surface area contributed by atoms with Crippen LogP contribution in [0.25, 0.3) is 0 Å². The minimum absolute atomic E-state index is 0.0212. The van der Waals surface area contributed by atoms with Crippen LogP contribution in [-0.4, -0.2) is 50.8 Å². The first-order valence-electron chi connectivity index (χ1n) is 17.6. The lowest BCUT2D eigenvalue weighted by Gasteiger charge is -2.41. The summed E-state index contributed by atoms with van der Waals surface area (Å²) in [5, 5.41) is 3.30. The monoisotopic (exact) mass is 672 g/mol. The second-order valence-electron chi connectivity index (χ2n) is 14.6. The predicted octanol–water partition coefficient (Wildman–Crippen LogP) is 8.49. The minimum Gasteiger partial charge on any atom is -0.494 e. The molecule has 2 amide bonds. The third kappa shape index (κ3) is 11.0. The summed E-state index contributed by atoms with van der Waals surface area (Å²) in [7, 11) is -2.16. The molecule has 1 saturated heterocycles. The van der Waals surface area contributed by atoms with Gasteiger partial charge in [-0.2, -0.15) is 0 Å². The van der Waals surface area contributed by atoms with Crippen LogP contribution < -0.4 is 14.8 Å². The van der Waals surface area contributed by atoms with E-state index in [0.717, 1.165) is 41.0 Å². The summed E-state index contributed by atoms with van der Waals surface area (Å²) < 4.78 is 18.5. The molecule has 2 atom stereocenters. The van der Waals surface area contributed by atoms with Gasteiger partial charge in [0, 0.05) is 25.9 Å². The molecule has 3 aromatic rings. The van der Waals surface area contributed by atoms with Crippen molar-refractivity contribution in [3.05, 3.63) is 95.6 Å². The van der Waals surface area contributed by atoms with Crippen molar-refractivity contribution >= 4 is 20.1 Å². The van der Waals surface area contributed by atoms with Gasteiger partial charge in [-0.3, -0.25) is 9.59 Å². The van der Waals surface area contributed by atoms with Gasteiger partial charge in [-0.15, -0.1) is 0 Å². The first kappa shape index (κ1) is 37.2. The quantitative estimate of drug-likeness (QED) is 0.164. The van der Waals surface area contributed by atoms with E-state index in [9.17, 15) is 9.59 Å². The fourth-order valence-corrected chi connectivity index (χ4v) is 7.14. The van der Waals surface area contributed by atoms with Crippen LogP contribution in [-0.2, 0) is 27.0 Å². The van der Waals surface area contributed by atoms with Gasteiger partial charge in [0.05, 0.1) is 18.8 Å². The molecule has 0 bridgehead atoms. The van der Waals surface area contributed by atoms with Gasteiger partial charge >= 0.3 is 0 Å². The molecule has 0 saturated carbocycles. The van der Waals surface area contributed by atoms with Gasteiger partial charge < -0.3 is 24.1 Å². The highest BCUT2D eigenvalue weighted by Crippen LogP contribution is 2.41. The zero-order valence-corrected chi connectivity index (χ0v) is 31.1. The number of hydrogen-bond acceptors (Lipinski definition) is 5. The number of carbonyl (C=O) groups excluding carboxylic acids is 2. The minimum atomic E-state index is -2.16. The number of nitrogens with zero attached hydrogens (tertiary/aromatic N) is 1. The Labute approximate surface area is 289 Å². The fourth-order valence-electron chi connectivity index (χ4n) is 5.81. The summed E-state index contributed by atoms with van der Waals surface area (Å²) >= 11 is 0. The van der Waals surface area contributed by atoms with Gasteiger partial charge in [-0.1, -0.05) is 75.4 Å². The van der Waals surface area contributed by atoms with Crippen molar-refractivity contribution in [1.82, 2.24) is 10.2 Å². The van der Waals surface area contributed by atoms with Crippen LogP contribution in [0.5, 0.6) is 11.5 Å². The summed E-state index contributed by atoms with van der Waals surface area (Å²) in [6.07, 6.45) is 3.06. The van der Waals surface area contributed by atoms with Gasteiger partial charge in [0.1, 0.15) is 18.1 Å². The zero-order chi connectivity index (χ0) is 34.7. The molecule has 1 fully saturated rings. The van der Waals surface area contributed by atoms with E-state index >= 15 is 0 Å². The summed E-state index contributed by atoms with van der Waals surface area (Å²) in [5.41, 5.74) is 3.28. The summed E-state index contributed by atoms with van der Waals surface area (Å²) in [5.74, 6) is 2.13. The molecule has 0 aromatic heterocycles. The maximum absolute atomic E-state index is 13.4. The Kier molecular flexibility index (Phi) is 13.3. The predicted molar refractivity (Wildman–Crippen MR) is 196 cm³/mol. The maximum atomic E-state index is 13.4. The third-order valence-corrected chi connectivity index (χ3v) is 14.3. The molecular weight excluding hydrogens is 617 g/mol. The highest BCUT2D eigenvalue weighted by atomic mass is 28.4. The largest absolute Gasteiger partial charge is 0.494 e. The molecule has 0 radical (unpaired) electrons. The molecule has 0 unspecified atom stereocenters. The molecule has 1 N–H and O–H groups in total. The van der Waals surface area contributed by atoms with E-state index in [2.05, 4.69) is 63.4 Å². The number of aryl methyl sites for hydroxylation is 1. The number of amides is 2. The molecule has 4 rings (SSSR count). The first-order chi connectivity index (χ1) is 22.8. The van der Waals surface area contributed by atoms with E-state index in [1.807, 2.05) is 73.3 Å². The van der Waals surface area contributed by atoms with E-state index in [1.165, 1.54) is 0 Å². The average molecular weight is 673 g/mol. The first-order valence-corrected chi connectivity index (χ1v) is 20.5. The molecule has 1 aliphatic rings. The fraction of sp³-hybridized carbons (Fsp3) is 0.500. The number of hydrogen-bond donors (Lipinski definition) is 1. The number of carbonyl (C=O) groups is 2. The number of nitrogens with one attached hydrogen (secondary N) is 1. The molecular formula is C40H56N2O5Si. The van der Waals surface area contributed by atoms with Crippen molar-refractivity contribution in [3.63, 3.8) is 0 Å². The lowest BCUT2D eigenvalue weighted by molar-refractivity contribution is -0.132. The van der Waals surface area contributed by atoms with Crippen LogP contribution in [0.2, 0.25) is 18.1 Å². The Bertz CT molecular complexity index is 1430. The Hall–Kier alpha value is -3.62. The summed E-state index contributed by atoms with van der Waals surface area (Å²) in [6, 6.07) is 26.0. The second kappa shape index (κ2) is 17.2. The number of likely N-dealkylation sites (tertiary alicyclic amines) is 1. The molecule has 7 nitrogen and oxygen atoms in total. The SMILES string of the molecule is CCOc1ccc(CCC(=O)N2CCC(CC(=O)N[C@@H](C)[C@H](O[Si](C)(C)C(C)(C)C)c3ccc(OCc4ccccc4)cc3)CC2)cc1. The van der Waals surface area contributed by atoms with Crippen molar-refractivity contribution < 1.29 is 23.5 Å². The van der Waals surface area contributed by atoms with E-state index in [1.54, 1.807) is 0 Å². The summed E-state index contributed by atoms with van der Waals surface area (Å²) in [6.45, 7) is 17.8. The maximum Gasteiger partial charge on any atom is 0.222 e. The third-order valence-electron chi connectivity index (χ3n) is 9.83. The molecule has 0 spiro atoms. The Morgan fingerprint density at radius 1 is 0.875 bits per heavy atom. The average Bonchev–Trinajstić information content (AvgIpc) is 3.06. The van der Waals surface area contributed by atoms with Crippen molar-refractivity contribution in [1.29, 1.82) is 0 Å². The van der Waals surface area contributed by atoms with Crippen LogP contribution in [0, 0.1) is 5.92 Å². The molecule has 1 heterocycles. The van der Waals surface area contributed by atoms with Gasteiger partial charge in [0.2, 0.25) is 11.8 Å². The Balaban J connectivity index is 1.29. The number of piperidine rings is 1. The zero-order valence-electron chi connectivity index (χ0n) is 30.1. The lowest BCUT2D eigenvalue weighted by atomic mass is 9.92. The van der Waals surface area contributed by atoms with E-state index < -0.39 is 8.32 Å².